The fraction of sp³-hybridized carbons (Fsp3) is 0.333. The van der Waals surface area contributed by atoms with Gasteiger partial charge >= 0.3 is 0 Å². The van der Waals surface area contributed by atoms with E-state index in [0.717, 1.165) is 18.9 Å². The standard InChI is InChI=1S/C18H20BrN/c19-18-9-5-4-8-17(18)15-12-16(13-15)20-11-10-14-6-2-1-3-7-14/h1-9,15-16,20H,10-13H2. The van der Waals surface area contributed by atoms with Gasteiger partial charge in [-0.15, -0.1) is 0 Å². The molecule has 1 N–H and O–H groups in total. The van der Waals surface area contributed by atoms with Crippen LogP contribution in [0.2, 0.25) is 0 Å². The highest BCUT2D eigenvalue weighted by atomic mass is 79.9. The lowest BCUT2D eigenvalue weighted by molar-refractivity contribution is 0.292. The van der Waals surface area contributed by atoms with Crippen LogP contribution in [0.4, 0.5) is 0 Å². The van der Waals surface area contributed by atoms with E-state index in [1.54, 1.807) is 0 Å². The third kappa shape index (κ3) is 3.31. The minimum absolute atomic E-state index is 0.691. The van der Waals surface area contributed by atoms with Gasteiger partial charge in [-0.3, -0.25) is 0 Å². The van der Waals surface area contributed by atoms with E-state index in [-0.39, 0.29) is 0 Å². The lowest BCUT2D eigenvalue weighted by Gasteiger charge is -2.37. The van der Waals surface area contributed by atoms with Crippen LogP contribution in [-0.2, 0) is 6.42 Å². The molecule has 1 aliphatic carbocycles. The molecule has 0 heterocycles. The SMILES string of the molecule is Brc1ccccc1C1CC(NCCc2ccccc2)C1. The second kappa shape index (κ2) is 6.55. The maximum atomic E-state index is 3.67. The Kier molecular flexibility index (Phi) is 4.54. The predicted octanol–water partition coefficient (Wildman–Crippen LogP) is 4.53. The Morgan fingerprint density at radius 2 is 1.65 bits per heavy atom. The number of benzene rings is 2. The molecule has 2 aromatic rings. The first-order valence-electron chi connectivity index (χ1n) is 7.34. The van der Waals surface area contributed by atoms with Gasteiger partial charge in [0.2, 0.25) is 0 Å². The first kappa shape index (κ1) is 13.8. The Balaban J connectivity index is 1.42. The van der Waals surface area contributed by atoms with E-state index in [1.165, 1.54) is 28.4 Å². The molecule has 3 rings (SSSR count). The highest BCUT2D eigenvalue weighted by Gasteiger charge is 2.30. The summed E-state index contributed by atoms with van der Waals surface area (Å²) in [6, 6.07) is 20.0. The van der Waals surface area contributed by atoms with Crippen molar-refractivity contribution >= 4 is 15.9 Å². The van der Waals surface area contributed by atoms with Crippen LogP contribution < -0.4 is 5.32 Å². The number of hydrogen-bond donors (Lipinski definition) is 1. The van der Waals surface area contributed by atoms with Gasteiger partial charge in [-0.2, -0.15) is 0 Å². The molecule has 0 aromatic heterocycles. The zero-order valence-corrected chi connectivity index (χ0v) is 13.1. The molecule has 0 unspecified atom stereocenters. The van der Waals surface area contributed by atoms with Crippen molar-refractivity contribution in [2.45, 2.75) is 31.2 Å². The van der Waals surface area contributed by atoms with E-state index < -0.39 is 0 Å². The number of nitrogens with one attached hydrogen (secondary N) is 1. The molecular formula is C18H20BrN. The van der Waals surface area contributed by atoms with Gasteiger partial charge in [0.25, 0.3) is 0 Å². The maximum Gasteiger partial charge on any atom is 0.0210 e. The smallest absolute Gasteiger partial charge is 0.0210 e. The van der Waals surface area contributed by atoms with Gasteiger partial charge in [-0.1, -0.05) is 64.5 Å². The van der Waals surface area contributed by atoms with Crippen molar-refractivity contribution in [3.05, 3.63) is 70.2 Å². The van der Waals surface area contributed by atoms with Crippen LogP contribution in [0.15, 0.2) is 59.1 Å². The van der Waals surface area contributed by atoms with Crippen molar-refractivity contribution < 1.29 is 0 Å². The molecule has 104 valence electrons. The molecule has 1 fully saturated rings. The molecule has 0 aliphatic heterocycles. The maximum absolute atomic E-state index is 3.67. The van der Waals surface area contributed by atoms with Crippen molar-refractivity contribution in [3.8, 4) is 0 Å². The van der Waals surface area contributed by atoms with Gasteiger partial charge in [0.15, 0.2) is 0 Å². The lowest BCUT2D eigenvalue weighted by atomic mass is 9.76. The van der Waals surface area contributed by atoms with Crippen molar-refractivity contribution in [1.29, 1.82) is 0 Å². The second-order valence-corrected chi connectivity index (χ2v) is 6.43. The molecule has 0 saturated heterocycles. The highest BCUT2D eigenvalue weighted by Crippen LogP contribution is 2.39. The third-order valence-corrected chi connectivity index (χ3v) is 4.89. The highest BCUT2D eigenvalue weighted by molar-refractivity contribution is 9.10. The van der Waals surface area contributed by atoms with Gasteiger partial charge in [0, 0.05) is 10.5 Å². The topological polar surface area (TPSA) is 12.0 Å². The van der Waals surface area contributed by atoms with Crippen LogP contribution in [-0.4, -0.2) is 12.6 Å². The summed E-state index contributed by atoms with van der Waals surface area (Å²) in [6.45, 7) is 1.08. The van der Waals surface area contributed by atoms with Crippen LogP contribution in [0.25, 0.3) is 0 Å². The van der Waals surface area contributed by atoms with Crippen LogP contribution in [0.5, 0.6) is 0 Å². The zero-order valence-electron chi connectivity index (χ0n) is 11.6. The van der Waals surface area contributed by atoms with Crippen molar-refractivity contribution in [2.24, 2.45) is 0 Å². The minimum atomic E-state index is 0.691. The molecule has 1 saturated carbocycles. The lowest BCUT2D eigenvalue weighted by Crippen LogP contribution is -2.41. The summed E-state index contributed by atoms with van der Waals surface area (Å²) < 4.78 is 1.26. The summed E-state index contributed by atoms with van der Waals surface area (Å²) in [5.41, 5.74) is 2.88. The fourth-order valence-electron chi connectivity index (χ4n) is 2.91. The zero-order chi connectivity index (χ0) is 13.8. The van der Waals surface area contributed by atoms with E-state index in [4.69, 9.17) is 0 Å². The van der Waals surface area contributed by atoms with Gasteiger partial charge in [-0.05, 0) is 48.9 Å². The summed E-state index contributed by atoms with van der Waals surface area (Å²) in [5, 5.41) is 3.67. The molecule has 20 heavy (non-hydrogen) atoms. The third-order valence-electron chi connectivity index (χ3n) is 4.17. The first-order valence-corrected chi connectivity index (χ1v) is 8.14. The van der Waals surface area contributed by atoms with Gasteiger partial charge in [-0.25, -0.2) is 0 Å². The molecule has 0 atom stereocenters. The summed E-state index contributed by atoms with van der Waals surface area (Å²) in [4.78, 5) is 0. The molecule has 0 spiro atoms. The van der Waals surface area contributed by atoms with Crippen LogP contribution >= 0.6 is 15.9 Å². The number of halogens is 1. The molecule has 0 amide bonds. The van der Waals surface area contributed by atoms with Crippen LogP contribution in [0.3, 0.4) is 0 Å². The van der Waals surface area contributed by atoms with Crippen molar-refractivity contribution in [3.63, 3.8) is 0 Å². The van der Waals surface area contributed by atoms with E-state index in [0.29, 0.717) is 6.04 Å². The van der Waals surface area contributed by atoms with E-state index in [2.05, 4.69) is 75.8 Å². The molecule has 0 bridgehead atoms. The fourth-order valence-corrected chi connectivity index (χ4v) is 3.52. The molecule has 0 radical (unpaired) electrons. The number of rotatable bonds is 5. The van der Waals surface area contributed by atoms with E-state index in [1.807, 2.05) is 0 Å². The van der Waals surface area contributed by atoms with Gasteiger partial charge < -0.3 is 5.32 Å². The Morgan fingerprint density at radius 3 is 2.40 bits per heavy atom. The van der Waals surface area contributed by atoms with E-state index in [9.17, 15) is 0 Å². The predicted molar refractivity (Wildman–Crippen MR) is 88.1 cm³/mol. The van der Waals surface area contributed by atoms with Crippen molar-refractivity contribution in [2.75, 3.05) is 6.54 Å². The average Bonchev–Trinajstić information content (AvgIpc) is 2.44. The Morgan fingerprint density at radius 1 is 0.950 bits per heavy atom. The Hall–Kier alpha value is -1.12. The van der Waals surface area contributed by atoms with Crippen LogP contribution in [0.1, 0.15) is 29.9 Å². The molecule has 1 nitrogen and oxygen atoms in total. The van der Waals surface area contributed by atoms with Gasteiger partial charge in [0.05, 0.1) is 0 Å². The monoisotopic (exact) mass is 329 g/mol. The number of hydrogen-bond acceptors (Lipinski definition) is 1. The van der Waals surface area contributed by atoms with Crippen molar-refractivity contribution in [1.82, 2.24) is 5.32 Å². The summed E-state index contributed by atoms with van der Waals surface area (Å²) in [6.07, 6.45) is 3.64. The second-order valence-electron chi connectivity index (χ2n) is 5.58. The van der Waals surface area contributed by atoms with E-state index >= 15 is 0 Å². The molecule has 2 heteroatoms. The average molecular weight is 330 g/mol. The first-order chi connectivity index (χ1) is 9.83. The minimum Gasteiger partial charge on any atom is -0.314 e. The van der Waals surface area contributed by atoms with Crippen LogP contribution in [0, 0.1) is 0 Å². The van der Waals surface area contributed by atoms with Gasteiger partial charge in [0.1, 0.15) is 0 Å². The Bertz CT molecular complexity index is 546. The molecular weight excluding hydrogens is 310 g/mol. The molecule has 2 aromatic carbocycles. The summed E-state index contributed by atoms with van der Waals surface area (Å²) in [7, 11) is 0. The summed E-state index contributed by atoms with van der Waals surface area (Å²) in [5.74, 6) is 0.722. The largest absolute Gasteiger partial charge is 0.314 e. The quantitative estimate of drug-likeness (QED) is 0.849. The normalized spacial score (nSPS) is 21.4. The summed E-state index contributed by atoms with van der Waals surface area (Å²) >= 11 is 3.65. The Labute approximate surface area is 129 Å². The molecule has 1 aliphatic rings.